The average Bonchev–Trinajstić information content (AvgIpc) is 3.73. The lowest BCUT2D eigenvalue weighted by atomic mass is 9.72. The van der Waals surface area contributed by atoms with Crippen molar-refractivity contribution < 1.29 is 32.2 Å². The number of aromatic nitrogens is 3. The highest BCUT2D eigenvalue weighted by Crippen LogP contribution is 2.44. The van der Waals surface area contributed by atoms with Gasteiger partial charge in [0.05, 0.1) is 35.0 Å². The number of amides is 1. The predicted octanol–water partition coefficient (Wildman–Crippen LogP) is 8.98. The van der Waals surface area contributed by atoms with Crippen molar-refractivity contribution in [1.82, 2.24) is 24.8 Å². The monoisotopic (exact) mass is 890 g/mol. The molecule has 2 aromatic heterocycles. The van der Waals surface area contributed by atoms with Gasteiger partial charge in [-0.2, -0.15) is 5.10 Å². The maximum atomic E-state index is 15.2. The van der Waals surface area contributed by atoms with E-state index < -0.39 is 27.7 Å². The molecular formula is C45H49Cl2FN6O6S. The number of hydrogen-bond donors (Lipinski definition) is 3. The molecule has 61 heavy (non-hydrogen) atoms. The van der Waals surface area contributed by atoms with Crippen molar-refractivity contribution in [2.24, 2.45) is 5.41 Å². The zero-order valence-electron chi connectivity index (χ0n) is 34.1. The molecule has 5 aromatic rings. The number of alkyl halides is 1. The molecule has 3 aliphatic rings. The van der Waals surface area contributed by atoms with Gasteiger partial charge in [-0.25, -0.2) is 22.5 Å². The van der Waals surface area contributed by atoms with Crippen LogP contribution in [0.5, 0.6) is 17.4 Å². The molecular weight excluding hydrogens is 843 g/mol. The standard InChI is InChI=1S/C45H49Cl2FN6O6S/c1-44(2)15-12-30(36(24-44)29-6-8-31(46)9-7-29)27-53-18-20-54(21-19-53)32-10-11-35(41(22-32)60-40-5-3-4-39-37(40)26-50-51-39)42(56)52-61(57,58)34-23-38(47)43(49-25-34)59-28-45(48)16-13-33(55)14-17-45/h3-11,22-23,25-26,33,55H,12-21,24,27-28H2,1-2H3,(H,50,51)(H,52,56)/t33-,45+. The SMILES string of the molecule is CC1(C)CCC(CN2CCN(c3ccc(C(=O)NS(=O)(=O)c4cnc(OC[C@]5(F)CC[C@@H](O)CC5)c(Cl)c4)c(Oc4cccc5[nH]ncc45)c3)CC2)=C(c2ccc(Cl)cc2)C1. The number of aliphatic hydroxyl groups is 1. The number of anilines is 1. The Hall–Kier alpha value is -4.73. The summed E-state index contributed by atoms with van der Waals surface area (Å²) in [6.07, 6.45) is 6.14. The molecule has 16 heteroatoms. The predicted molar refractivity (Wildman–Crippen MR) is 235 cm³/mol. The number of fused-ring (bicyclic) bond motifs is 1. The minimum atomic E-state index is -4.50. The number of H-pyrrole nitrogens is 1. The fourth-order valence-corrected chi connectivity index (χ4v) is 9.73. The molecule has 0 bridgehead atoms. The molecule has 8 rings (SSSR count). The van der Waals surface area contributed by atoms with E-state index in [9.17, 15) is 18.3 Å². The molecule has 1 saturated heterocycles. The Kier molecular flexibility index (Phi) is 12.4. The molecule has 12 nitrogen and oxygen atoms in total. The first kappa shape index (κ1) is 42.9. The van der Waals surface area contributed by atoms with E-state index in [4.69, 9.17) is 32.7 Å². The van der Waals surface area contributed by atoms with Gasteiger partial charge in [-0.1, -0.05) is 60.8 Å². The molecule has 2 aliphatic carbocycles. The Labute approximate surface area is 365 Å². The Balaban J connectivity index is 0.988. The van der Waals surface area contributed by atoms with Crippen molar-refractivity contribution >= 4 is 61.3 Å². The van der Waals surface area contributed by atoms with E-state index in [1.807, 2.05) is 18.2 Å². The molecule has 0 unspecified atom stereocenters. The zero-order valence-corrected chi connectivity index (χ0v) is 36.4. The number of ether oxygens (including phenoxy) is 2. The Morgan fingerprint density at radius 3 is 2.48 bits per heavy atom. The number of pyridine rings is 1. The van der Waals surface area contributed by atoms with Crippen LogP contribution >= 0.6 is 23.2 Å². The van der Waals surface area contributed by atoms with Crippen LogP contribution in [-0.4, -0.2) is 90.6 Å². The van der Waals surface area contributed by atoms with E-state index in [0.29, 0.717) is 24.0 Å². The topological polar surface area (TPSA) is 150 Å². The second-order valence-electron chi connectivity index (χ2n) is 17.1. The van der Waals surface area contributed by atoms with Crippen LogP contribution in [0.3, 0.4) is 0 Å². The molecule has 1 saturated carbocycles. The number of rotatable bonds is 12. The number of aromatic amines is 1. The lowest BCUT2D eigenvalue weighted by Gasteiger charge is -2.39. The van der Waals surface area contributed by atoms with E-state index in [1.165, 1.54) is 16.7 Å². The van der Waals surface area contributed by atoms with E-state index in [0.717, 1.165) is 80.5 Å². The second kappa shape index (κ2) is 17.6. The van der Waals surface area contributed by atoms with Crippen LogP contribution in [-0.2, 0) is 10.0 Å². The number of halogens is 3. The van der Waals surface area contributed by atoms with Gasteiger partial charge < -0.3 is 19.5 Å². The number of nitrogens with one attached hydrogen (secondary N) is 2. The van der Waals surface area contributed by atoms with Crippen LogP contribution < -0.4 is 19.1 Å². The summed E-state index contributed by atoms with van der Waals surface area (Å²) in [5, 5.41) is 18.0. The van der Waals surface area contributed by atoms with Crippen LogP contribution in [0.25, 0.3) is 16.5 Å². The largest absolute Gasteiger partial charge is 0.473 e. The van der Waals surface area contributed by atoms with Crippen molar-refractivity contribution in [3.05, 3.63) is 106 Å². The highest BCUT2D eigenvalue weighted by molar-refractivity contribution is 7.90. The second-order valence-corrected chi connectivity index (χ2v) is 19.7. The van der Waals surface area contributed by atoms with Gasteiger partial charge in [0.25, 0.3) is 15.9 Å². The fourth-order valence-electron chi connectivity index (χ4n) is 8.39. The van der Waals surface area contributed by atoms with Crippen molar-refractivity contribution in [3.8, 4) is 17.4 Å². The number of aliphatic hydroxyl groups excluding tert-OH is 1. The van der Waals surface area contributed by atoms with Gasteiger partial charge in [0.2, 0.25) is 5.88 Å². The van der Waals surface area contributed by atoms with Gasteiger partial charge >= 0.3 is 0 Å². The third-order valence-corrected chi connectivity index (χ3v) is 13.9. The maximum absolute atomic E-state index is 15.2. The molecule has 3 heterocycles. The maximum Gasteiger partial charge on any atom is 0.268 e. The lowest BCUT2D eigenvalue weighted by Crippen LogP contribution is -2.47. The fraction of sp³-hybridized carbons (Fsp3) is 0.400. The lowest BCUT2D eigenvalue weighted by molar-refractivity contribution is 0.00180. The van der Waals surface area contributed by atoms with Crippen LogP contribution in [0.2, 0.25) is 10.0 Å². The molecule has 322 valence electrons. The summed E-state index contributed by atoms with van der Waals surface area (Å²) in [4.78, 5) is 22.3. The van der Waals surface area contributed by atoms with Crippen molar-refractivity contribution in [2.75, 3.05) is 44.2 Å². The molecule has 3 aromatic carbocycles. The number of allylic oxidation sites excluding steroid dienone is 1. The number of nitrogens with zero attached hydrogens (tertiary/aromatic N) is 4. The Morgan fingerprint density at radius 1 is 0.984 bits per heavy atom. The zero-order chi connectivity index (χ0) is 42.9. The Bertz CT molecular complexity index is 2550. The summed E-state index contributed by atoms with van der Waals surface area (Å²) in [5.41, 5.74) is 4.21. The quantitative estimate of drug-likeness (QED) is 0.111. The van der Waals surface area contributed by atoms with Gasteiger partial charge in [0, 0.05) is 49.5 Å². The normalized spacial score (nSPS) is 21.1. The highest BCUT2D eigenvalue weighted by atomic mass is 35.5. The third kappa shape index (κ3) is 9.99. The molecule has 1 amide bonds. The van der Waals surface area contributed by atoms with E-state index in [1.54, 1.807) is 36.5 Å². The van der Waals surface area contributed by atoms with Crippen LogP contribution in [0.15, 0.2) is 89.6 Å². The van der Waals surface area contributed by atoms with E-state index >= 15 is 4.39 Å². The molecule has 2 fully saturated rings. The van der Waals surface area contributed by atoms with Gasteiger partial charge in [-0.15, -0.1) is 0 Å². The summed E-state index contributed by atoms with van der Waals surface area (Å²) in [7, 11) is -4.50. The summed E-state index contributed by atoms with van der Waals surface area (Å²) < 4.78 is 56.5. The smallest absolute Gasteiger partial charge is 0.268 e. The van der Waals surface area contributed by atoms with E-state index in [2.05, 4.69) is 55.7 Å². The Morgan fingerprint density at radius 2 is 1.74 bits per heavy atom. The van der Waals surface area contributed by atoms with Crippen LogP contribution in [0, 0.1) is 5.41 Å². The molecule has 0 spiro atoms. The minimum Gasteiger partial charge on any atom is -0.473 e. The number of hydrogen-bond acceptors (Lipinski definition) is 10. The first-order valence-corrected chi connectivity index (χ1v) is 22.8. The molecule has 0 atom stereocenters. The average molecular weight is 892 g/mol. The van der Waals surface area contributed by atoms with Crippen molar-refractivity contribution in [2.45, 2.75) is 75.5 Å². The molecule has 1 aliphatic heterocycles. The third-order valence-electron chi connectivity index (χ3n) is 12.0. The number of carbonyl (C=O) groups is 1. The van der Waals surface area contributed by atoms with Crippen molar-refractivity contribution in [1.29, 1.82) is 0 Å². The number of piperazine rings is 1. The van der Waals surface area contributed by atoms with Gasteiger partial charge in [0.15, 0.2) is 0 Å². The van der Waals surface area contributed by atoms with E-state index in [-0.39, 0.29) is 52.0 Å². The number of benzene rings is 3. The molecule has 0 radical (unpaired) electrons. The highest BCUT2D eigenvalue weighted by Gasteiger charge is 2.36. The van der Waals surface area contributed by atoms with Gasteiger partial charge in [0.1, 0.15) is 33.7 Å². The minimum absolute atomic E-state index is 0.0156. The van der Waals surface area contributed by atoms with Crippen molar-refractivity contribution in [3.63, 3.8) is 0 Å². The van der Waals surface area contributed by atoms with Crippen LogP contribution in [0.4, 0.5) is 10.1 Å². The van der Waals surface area contributed by atoms with Gasteiger partial charge in [-0.3, -0.25) is 14.8 Å². The first-order chi connectivity index (χ1) is 29.1. The number of carbonyl (C=O) groups excluding carboxylic acids is 1. The molecule has 3 N–H and O–H groups in total. The summed E-state index contributed by atoms with van der Waals surface area (Å²) in [6.45, 7) is 8.32. The van der Waals surface area contributed by atoms with Gasteiger partial charge in [-0.05, 0) is 104 Å². The summed E-state index contributed by atoms with van der Waals surface area (Å²) in [5.74, 6) is -0.495. The summed E-state index contributed by atoms with van der Waals surface area (Å²) in [6, 6.07) is 19.8. The number of sulfonamides is 1. The summed E-state index contributed by atoms with van der Waals surface area (Å²) >= 11 is 12.6. The first-order valence-electron chi connectivity index (χ1n) is 20.5. The van der Waals surface area contributed by atoms with Crippen LogP contribution in [0.1, 0.15) is 74.7 Å².